The van der Waals surface area contributed by atoms with E-state index in [-0.39, 0.29) is 0 Å². The van der Waals surface area contributed by atoms with Crippen LogP contribution in [0.15, 0.2) is 52.4 Å². The van der Waals surface area contributed by atoms with Crippen molar-refractivity contribution in [3.63, 3.8) is 0 Å². The minimum Gasteiger partial charge on any atom is -0.356 e. The van der Waals surface area contributed by atoms with E-state index in [1.807, 2.05) is 36.4 Å². The topological polar surface area (TPSA) is 70.6 Å². The molecule has 0 bridgehead atoms. The second kappa shape index (κ2) is 9.05. The Bertz CT molecular complexity index is 878. The number of rotatable bonds is 6. The molecular weight excluding hydrogens is 370 g/mol. The van der Waals surface area contributed by atoms with Crippen LogP contribution in [0.5, 0.6) is 0 Å². The molecule has 0 aromatic heterocycles. The van der Waals surface area contributed by atoms with Gasteiger partial charge in [0.2, 0.25) is 0 Å². The van der Waals surface area contributed by atoms with Gasteiger partial charge in [0.05, 0.1) is 4.90 Å². The van der Waals surface area contributed by atoms with E-state index in [1.54, 1.807) is 20.0 Å². The van der Waals surface area contributed by atoms with Crippen LogP contribution in [-0.4, -0.2) is 34.2 Å². The molecule has 26 heavy (non-hydrogen) atoms. The van der Waals surface area contributed by atoms with Crippen molar-refractivity contribution in [1.29, 1.82) is 0 Å². The Labute approximate surface area is 160 Å². The molecule has 2 rings (SSSR count). The van der Waals surface area contributed by atoms with Crippen molar-refractivity contribution in [3.05, 3.63) is 64.2 Å². The van der Waals surface area contributed by atoms with Crippen molar-refractivity contribution in [1.82, 2.24) is 10.6 Å². The zero-order valence-corrected chi connectivity index (χ0v) is 16.8. The molecule has 0 aliphatic rings. The first-order valence-corrected chi connectivity index (χ1v) is 10.5. The lowest BCUT2D eigenvalue weighted by atomic mass is 10.1. The van der Waals surface area contributed by atoms with Crippen molar-refractivity contribution >= 4 is 27.4 Å². The Balaban J connectivity index is 1.87. The number of nitrogens with zero attached hydrogens (tertiary/aromatic N) is 1. The van der Waals surface area contributed by atoms with E-state index >= 15 is 0 Å². The first kappa shape index (κ1) is 20.3. The third-order valence-corrected chi connectivity index (χ3v) is 5.45. The monoisotopic (exact) mass is 393 g/mol. The molecule has 2 aromatic rings. The zero-order chi connectivity index (χ0) is 19.2. The Hall–Kier alpha value is -2.05. The summed E-state index contributed by atoms with van der Waals surface area (Å²) in [5, 5.41) is 7.23. The first-order valence-electron chi connectivity index (χ1n) is 8.28. The molecule has 0 fully saturated rings. The molecule has 5 nitrogen and oxygen atoms in total. The molecule has 140 valence electrons. The highest BCUT2D eigenvalue weighted by Gasteiger charge is 2.10. The highest BCUT2D eigenvalue weighted by Crippen LogP contribution is 2.16. The summed E-state index contributed by atoms with van der Waals surface area (Å²) in [4.78, 5) is 4.57. The number of halogens is 1. The SMILES string of the molecule is CN=C(NCCc1ccc(Cl)cc1)NCc1ccc(S(C)(=O)=O)c(C)c1. The van der Waals surface area contributed by atoms with Crippen LogP contribution < -0.4 is 10.6 Å². The smallest absolute Gasteiger partial charge is 0.191 e. The number of hydrogen-bond acceptors (Lipinski definition) is 3. The van der Waals surface area contributed by atoms with E-state index in [9.17, 15) is 8.42 Å². The molecule has 0 amide bonds. The fraction of sp³-hybridized carbons (Fsp3) is 0.316. The van der Waals surface area contributed by atoms with Gasteiger partial charge in [0.1, 0.15) is 0 Å². The normalized spacial score (nSPS) is 12.1. The summed E-state index contributed by atoms with van der Waals surface area (Å²) in [6.45, 7) is 3.11. The third kappa shape index (κ3) is 6.04. The van der Waals surface area contributed by atoms with Crippen LogP contribution >= 0.6 is 11.6 Å². The van der Waals surface area contributed by atoms with Crippen LogP contribution in [0.1, 0.15) is 16.7 Å². The Morgan fingerprint density at radius 3 is 2.31 bits per heavy atom. The lowest BCUT2D eigenvalue weighted by molar-refractivity contribution is 0.601. The molecule has 2 N–H and O–H groups in total. The summed E-state index contributed by atoms with van der Waals surface area (Å²) >= 11 is 5.89. The van der Waals surface area contributed by atoms with Crippen LogP contribution in [0.3, 0.4) is 0 Å². The molecule has 0 aliphatic heterocycles. The summed E-state index contributed by atoms with van der Waals surface area (Å²) in [5.74, 6) is 0.698. The van der Waals surface area contributed by atoms with Gasteiger partial charge in [-0.15, -0.1) is 0 Å². The van der Waals surface area contributed by atoms with Gasteiger partial charge < -0.3 is 10.6 Å². The number of nitrogens with one attached hydrogen (secondary N) is 2. The van der Waals surface area contributed by atoms with Crippen molar-refractivity contribution in [2.24, 2.45) is 4.99 Å². The highest BCUT2D eigenvalue weighted by atomic mass is 35.5. The van der Waals surface area contributed by atoms with Crippen molar-refractivity contribution in [2.45, 2.75) is 24.8 Å². The number of sulfone groups is 1. The maximum atomic E-state index is 11.7. The molecule has 2 aromatic carbocycles. The fourth-order valence-electron chi connectivity index (χ4n) is 2.62. The number of benzene rings is 2. The lowest BCUT2D eigenvalue weighted by Crippen LogP contribution is -2.37. The van der Waals surface area contributed by atoms with Gasteiger partial charge in [0.25, 0.3) is 0 Å². The quantitative estimate of drug-likeness (QED) is 0.584. The summed E-state index contributed by atoms with van der Waals surface area (Å²) in [5.41, 5.74) is 2.94. The largest absolute Gasteiger partial charge is 0.356 e. The fourth-order valence-corrected chi connectivity index (χ4v) is 3.71. The second-order valence-corrected chi connectivity index (χ2v) is 8.52. The van der Waals surface area contributed by atoms with E-state index in [0.29, 0.717) is 17.4 Å². The highest BCUT2D eigenvalue weighted by molar-refractivity contribution is 7.90. The maximum absolute atomic E-state index is 11.7. The predicted molar refractivity (Wildman–Crippen MR) is 108 cm³/mol. The molecule has 7 heteroatoms. The molecule has 0 saturated carbocycles. The molecule has 0 atom stereocenters. The van der Waals surface area contributed by atoms with Crippen LogP contribution in [0.25, 0.3) is 0 Å². The number of aryl methyl sites for hydroxylation is 1. The maximum Gasteiger partial charge on any atom is 0.191 e. The van der Waals surface area contributed by atoms with Gasteiger partial charge in [0.15, 0.2) is 15.8 Å². The third-order valence-electron chi connectivity index (χ3n) is 3.94. The van der Waals surface area contributed by atoms with Crippen molar-refractivity contribution in [2.75, 3.05) is 19.8 Å². The van der Waals surface area contributed by atoms with Gasteiger partial charge >= 0.3 is 0 Å². The van der Waals surface area contributed by atoms with Crippen molar-refractivity contribution < 1.29 is 8.42 Å². The molecule has 0 aliphatic carbocycles. The summed E-state index contributed by atoms with van der Waals surface area (Å²) in [7, 11) is -1.47. The van der Waals surface area contributed by atoms with E-state index in [2.05, 4.69) is 15.6 Å². The summed E-state index contributed by atoms with van der Waals surface area (Å²) in [6, 6.07) is 13.1. The predicted octanol–water partition coefficient (Wildman–Crippen LogP) is 2.96. The summed E-state index contributed by atoms with van der Waals surface area (Å²) in [6.07, 6.45) is 2.08. The van der Waals surface area contributed by atoms with E-state index < -0.39 is 9.84 Å². The molecule has 0 saturated heterocycles. The number of hydrogen-bond donors (Lipinski definition) is 2. The lowest BCUT2D eigenvalue weighted by Gasteiger charge is -2.13. The van der Waals surface area contributed by atoms with Crippen molar-refractivity contribution in [3.8, 4) is 0 Å². The molecule has 0 heterocycles. The Morgan fingerprint density at radius 2 is 1.73 bits per heavy atom. The molecule has 0 radical (unpaired) electrons. The summed E-state index contributed by atoms with van der Waals surface area (Å²) < 4.78 is 23.4. The van der Waals surface area contributed by atoms with Gasteiger partial charge in [0, 0.05) is 31.4 Å². The zero-order valence-electron chi connectivity index (χ0n) is 15.2. The first-order chi connectivity index (χ1) is 12.3. The van der Waals surface area contributed by atoms with Crippen LogP contribution in [0.2, 0.25) is 5.02 Å². The minimum atomic E-state index is -3.19. The molecular formula is C19H24ClN3O2S. The standard InChI is InChI=1S/C19H24ClN3O2S/c1-14-12-16(6-9-18(14)26(3,24)25)13-23-19(21-2)22-11-10-15-4-7-17(20)8-5-15/h4-9,12H,10-11,13H2,1-3H3,(H2,21,22,23). The molecule has 0 spiro atoms. The van der Waals surface area contributed by atoms with Gasteiger partial charge in [-0.2, -0.15) is 0 Å². The van der Waals surface area contributed by atoms with E-state index in [1.165, 1.54) is 11.8 Å². The minimum absolute atomic E-state index is 0.367. The van der Waals surface area contributed by atoms with Gasteiger partial charge in [-0.25, -0.2) is 8.42 Å². The van der Waals surface area contributed by atoms with Gasteiger partial charge in [-0.3, -0.25) is 4.99 Å². The van der Waals surface area contributed by atoms with Crippen LogP contribution in [-0.2, 0) is 22.8 Å². The molecule has 0 unspecified atom stereocenters. The van der Waals surface area contributed by atoms with Crippen LogP contribution in [0.4, 0.5) is 0 Å². The van der Waals surface area contributed by atoms with Gasteiger partial charge in [-0.1, -0.05) is 35.9 Å². The van der Waals surface area contributed by atoms with E-state index in [0.717, 1.165) is 29.1 Å². The number of aliphatic imine (C=N–C) groups is 1. The average molecular weight is 394 g/mol. The van der Waals surface area contributed by atoms with Crippen LogP contribution in [0, 0.1) is 6.92 Å². The number of guanidine groups is 1. The Morgan fingerprint density at radius 1 is 1.08 bits per heavy atom. The van der Waals surface area contributed by atoms with E-state index in [4.69, 9.17) is 11.6 Å². The van der Waals surface area contributed by atoms with Gasteiger partial charge in [-0.05, 0) is 48.2 Å². The second-order valence-electron chi connectivity index (χ2n) is 6.10. The average Bonchev–Trinajstić information content (AvgIpc) is 2.58. The Kier molecular flexibility index (Phi) is 7.06.